The van der Waals surface area contributed by atoms with Crippen molar-refractivity contribution in [3.63, 3.8) is 0 Å². The zero-order chi connectivity index (χ0) is 27.7. The summed E-state index contributed by atoms with van der Waals surface area (Å²) < 4.78 is 6.44. The van der Waals surface area contributed by atoms with Gasteiger partial charge in [-0.3, -0.25) is 0 Å². The highest BCUT2D eigenvalue weighted by Gasteiger charge is 2.58. The van der Waals surface area contributed by atoms with Crippen LogP contribution in [-0.4, -0.2) is 19.6 Å². The molecule has 3 aliphatic heterocycles. The first-order valence-corrected chi connectivity index (χ1v) is 17.2. The van der Waals surface area contributed by atoms with E-state index in [9.17, 15) is 4.79 Å². The van der Waals surface area contributed by atoms with E-state index in [1.807, 2.05) is 11.1 Å². The Bertz CT molecular complexity index is 1560. The van der Waals surface area contributed by atoms with Gasteiger partial charge in [-0.05, 0) is 136 Å². The molecule has 0 saturated heterocycles. The van der Waals surface area contributed by atoms with E-state index in [1.165, 1.54) is 79.1 Å². The van der Waals surface area contributed by atoms with E-state index in [4.69, 9.17) is 4.42 Å². The molecule has 2 saturated carbocycles. The maximum absolute atomic E-state index is 14.1. The van der Waals surface area contributed by atoms with Crippen LogP contribution in [-0.2, 0) is 24.8 Å². The summed E-state index contributed by atoms with van der Waals surface area (Å²) in [7, 11) is 0. The van der Waals surface area contributed by atoms with Gasteiger partial charge in [0.2, 0.25) is 0 Å². The van der Waals surface area contributed by atoms with Crippen LogP contribution >= 0.6 is 0 Å². The van der Waals surface area contributed by atoms with Crippen molar-refractivity contribution in [2.75, 3.05) is 24.5 Å². The molecule has 7 aliphatic rings. The van der Waals surface area contributed by atoms with Crippen molar-refractivity contribution in [3.05, 3.63) is 49.9 Å². The van der Waals surface area contributed by atoms with Crippen molar-refractivity contribution < 1.29 is 4.42 Å². The van der Waals surface area contributed by atoms with E-state index in [2.05, 4.69) is 37.1 Å². The Morgan fingerprint density at radius 2 is 1.78 bits per heavy atom. The maximum Gasteiger partial charge on any atom is 0.341 e. The molecular formula is C37H48N2O2. The SMILES string of the molecule is CC1(C)CCC2=C1CC[C@H]1[C@H]2CC[C@H]2C[C@@]3(CC[C@@]21C)NCCc1c3c(=O)oc2c3c4c(cc12)CCCN4CCC3. The Labute approximate surface area is 245 Å². The van der Waals surface area contributed by atoms with Gasteiger partial charge in [-0.15, -0.1) is 0 Å². The Morgan fingerprint density at radius 3 is 2.66 bits per heavy atom. The maximum atomic E-state index is 14.1. The monoisotopic (exact) mass is 552 g/mol. The Balaban J connectivity index is 1.11. The molecule has 0 bridgehead atoms. The number of anilines is 1. The first-order chi connectivity index (χ1) is 19.8. The summed E-state index contributed by atoms with van der Waals surface area (Å²) in [6.07, 6.45) is 17.1. The Kier molecular flexibility index (Phi) is 5.28. The van der Waals surface area contributed by atoms with Gasteiger partial charge in [0, 0.05) is 36.3 Å². The summed E-state index contributed by atoms with van der Waals surface area (Å²) in [5.74, 6) is 2.32. The van der Waals surface area contributed by atoms with Crippen LogP contribution in [0.5, 0.6) is 0 Å². The van der Waals surface area contributed by atoms with Crippen LogP contribution in [0, 0.1) is 28.6 Å². The lowest BCUT2D eigenvalue weighted by molar-refractivity contribution is -0.0644. The fourth-order valence-electron chi connectivity index (χ4n) is 12.0. The van der Waals surface area contributed by atoms with Crippen molar-refractivity contribution in [2.45, 2.75) is 116 Å². The molecule has 218 valence electrons. The zero-order valence-corrected chi connectivity index (χ0v) is 25.6. The van der Waals surface area contributed by atoms with E-state index in [1.54, 1.807) is 0 Å². The fourth-order valence-corrected chi connectivity index (χ4v) is 12.0. The van der Waals surface area contributed by atoms with Crippen molar-refractivity contribution in [1.29, 1.82) is 0 Å². The van der Waals surface area contributed by atoms with Crippen LogP contribution in [0.3, 0.4) is 0 Å². The van der Waals surface area contributed by atoms with Crippen LogP contribution in [0.2, 0.25) is 0 Å². The molecule has 2 fully saturated rings. The first-order valence-electron chi connectivity index (χ1n) is 17.2. The van der Waals surface area contributed by atoms with Crippen LogP contribution in [0.15, 0.2) is 26.4 Å². The molecule has 1 spiro atoms. The lowest BCUT2D eigenvalue weighted by atomic mass is 9.46. The molecule has 9 rings (SSSR count). The highest BCUT2D eigenvalue weighted by Crippen LogP contribution is 2.65. The highest BCUT2D eigenvalue weighted by atomic mass is 16.4. The predicted octanol–water partition coefficient (Wildman–Crippen LogP) is 7.58. The Morgan fingerprint density at radius 1 is 0.927 bits per heavy atom. The van der Waals surface area contributed by atoms with Crippen molar-refractivity contribution in [2.24, 2.45) is 28.6 Å². The molecule has 1 aromatic heterocycles. The number of hydrogen-bond donors (Lipinski definition) is 1. The van der Waals surface area contributed by atoms with E-state index in [0.717, 1.165) is 81.1 Å². The zero-order valence-electron chi connectivity index (χ0n) is 25.6. The van der Waals surface area contributed by atoms with Crippen molar-refractivity contribution in [1.82, 2.24) is 5.32 Å². The molecule has 2 aromatic rings. The van der Waals surface area contributed by atoms with Gasteiger partial charge in [-0.2, -0.15) is 0 Å². The largest absolute Gasteiger partial charge is 0.422 e. The number of benzene rings is 1. The Hall–Kier alpha value is -2.07. The second-order valence-corrected chi connectivity index (χ2v) is 16.1. The summed E-state index contributed by atoms with van der Waals surface area (Å²) in [5, 5.41) is 5.27. The number of rotatable bonds is 0. The third kappa shape index (κ3) is 3.35. The van der Waals surface area contributed by atoms with Gasteiger partial charge in [-0.25, -0.2) is 4.79 Å². The van der Waals surface area contributed by atoms with Crippen molar-refractivity contribution in [3.8, 4) is 0 Å². The quantitative estimate of drug-likeness (QED) is 0.270. The summed E-state index contributed by atoms with van der Waals surface area (Å²) in [6.45, 7) is 10.9. The molecule has 1 aromatic carbocycles. The van der Waals surface area contributed by atoms with Gasteiger partial charge in [0.25, 0.3) is 0 Å². The molecule has 1 N–H and O–H groups in total. The molecular weight excluding hydrogens is 504 g/mol. The number of fused-ring (bicyclic) bond motifs is 9. The number of aryl methyl sites for hydroxylation is 2. The minimum absolute atomic E-state index is 0.0400. The third-order valence-corrected chi connectivity index (χ3v) is 14.0. The van der Waals surface area contributed by atoms with Gasteiger partial charge in [0.15, 0.2) is 0 Å². The molecule has 4 heteroatoms. The molecule has 0 radical (unpaired) electrons. The van der Waals surface area contributed by atoms with E-state index in [-0.39, 0.29) is 11.2 Å². The second kappa shape index (κ2) is 8.52. The highest BCUT2D eigenvalue weighted by molar-refractivity contribution is 5.91. The molecule has 41 heavy (non-hydrogen) atoms. The lowest BCUT2D eigenvalue weighted by Crippen LogP contribution is -2.58. The molecule has 5 atom stereocenters. The van der Waals surface area contributed by atoms with Gasteiger partial charge in [0.05, 0.1) is 11.1 Å². The summed E-state index contributed by atoms with van der Waals surface area (Å²) >= 11 is 0. The number of nitrogens with zero attached hydrogens (tertiary/aromatic N) is 1. The van der Waals surface area contributed by atoms with Gasteiger partial charge in [-0.1, -0.05) is 31.9 Å². The molecule has 0 unspecified atom stereocenters. The van der Waals surface area contributed by atoms with Crippen LogP contribution in [0.4, 0.5) is 5.69 Å². The molecule has 4 nitrogen and oxygen atoms in total. The number of nitrogens with one attached hydrogen (secondary N) is 1. The van der Waals surface area contributed by atoms with Gasteiger partial charge >= 0.3 is 5.63 Å². The minimum Gasteiger partial charge on any atom is -0.422 e. The normalized spacial score (nSPS) is 37.0. The molecule has 4 aliphatic carbocycles. The van der Waals surface area contributed by atoms with Crippen LogP contribution in [0.1, 0.15) is 114 Å². The van der Waals surface area contributed by atoms with E-state index in [0.29, 0.717) is 16.7 Å². The second-order valence-electron chi connectivity index (χ2n) is 16.1. The average molecular weight is 553 g/mol. The minimum atomic E-state index is -0.215. The summed E-state index contributed by atoms with van der Waals surface area (Å²) in [5.41, 5.74) is 11.8. The summed E-state index contributed by atoms with van der Waals surface area (Å²) in [6, 6.07) is 2.45. The molecule has 0 amide bonds. The van der Waals surface area contributed by atoms with Gasteiger partial charge in [0.1, 0.15) is 5.58 Å². The summed E-state index contributed by atoms with van der Waals surface area (Å²) in [4.78, 5) is 16.7. The fraction of sp³-hybridized carbons (Fsp3) is 0.703. The van der Waals surface area contributed by atoms with E-state index >= 15 is 0 Å². The topological polar surface area (TPSA) is 45.5 Å². The molecule has 4 heterocycles. The standard InChI is InChI=1S/C37H48N2O2/c1-35(2)14-12-25-24-9-8-23-21-37(16-15-36(23,3)30(24)11-10-29(25)35)31-26(13-17-38-37)28-20-22-6-4-18-39-19-5-7-27(32(22)39)33(28)41-34(31)40/h20,23-24,30,38H,4-19,21H2,1-3H3/t23-,24-,30-,36-,37+/m0/s1. The smallest absolute Gasteiger partial charge is 0.341 e. The van der Waals surface area contributed by atoms with Crippen molar-refractivity contribution >= 4 is 16.7 Å². The number of allylic oxidation sites excluding steroid dienone is 2. The van der Waals surface area contributed by atoms with Crippen LogP contribution in [0.25, 0.3) is 11.0 Å². The first kappa shape index (κ1) is 25.4. The average Bonchev–Trinajstić information content (AvgIpc) is 3.29. The predicted molar refractivity (Wildman–Crippen MR) is 166 cm³/mol. The number of hydrogen-bond acceptors (Lipinski definition) is 4. The van der Waals surface area contributed by atoms with E-state index < -0.39 is 0 Å². The third-order valence-electron chi connectivity index (χ3n) is 14.0. The lowest BCUT2D eigenvalue weighted by Gasteiger charge is -2.60. The van der Waals surface area contributed by atoms with Crippen LogP contribution < -0.4 is 15.8 Å². The van der Waals surface area contributed by atoms with Gasteiger partial charge < -0.3 is 14.6 Å².